The summed E-state index contributed by atoms with van der Waals surface area (Å²) in [5, 5.41) is 14.3. The Hall–Kier alpha value is -2.87. The van der Waals surface area contributed by atoms with E-state index in [2.05, 4.69) is 20.6 Å². The molecule has 3 N–H and O–H groups in total. The molecule has 0 saturated carbocycles. The van der Waals surface area contributed by atoms with Gasteiger partial charge in [-0.25, -0.2) is 18.7 Å². The molecule has 2 aromatic rings. The SMILES string of the molecule is CC[C@H](Nc1cc(C(F)F)c(-c2sc(C(=O)NCC(C)(C)O)nc2C(=O)N2CCC[C@@H]2C)cn1)C(F)(F)F. The van der Waals surface area contributed by atoms with E-state index in [0.717, 1.165) is 25.1 Å². The zero-order valence-electron chi connectivity index (χ0n) is 21.3. The molecule has 0 aliphatic carbocycles. The fourth-order valence-corrected chi connectivity index (χ4v) is 5.01. The minimum absolute atomic E-state index is 0.0419. The number of nitrogens with zero attached hydrogens (tertiary/aromatic N) is 3. The molecule has 0 bridgehead atoms. The molecule has 0 unspecified atom stereocenters. The number of amides is 2. The average Bonchev–Trinajstić information content (AvgIpc) is 3.46. The summed E-state index contributed by atoms with van der Waals surface area (Å²) in [5.41, 5.74) is -2.32. The lowest BCUT2D eigenvalue weighted by Gasteiger charge is -2.22. The van der Waals surface area contributed by atoms with Crippen molar-refractivity contribution in [3.63, 3.8) is 0 Å². The van der Waals surface area contributed by atoms with E-state index in [9.17, 15) is 36.6 Å². The van der Waals surface area contributed by atoms with Crippen molar-refractivity contribution in [1.29, 1.82) is 0 Å². The quantitative estimate of drug-likeness (QED) is 0.370. The summed E-state index contributed by atoms with van der Waals surface area (Å²) in [6.07, 6.45) is -5.64. The maximum absolute atomic E-state index is 14.2. The third-order valence-electron chi connectivity index (χ3n) is 6.06. The molecule has 1 aliphatic rings. The number of rotatable bonds is 9. The molecule has 14 heteroatoms. The van der Waals surface area contributed by atoms with Gasteiger partial charge in [0.2, 0.25) is 0 Å². The Bertz CT molecular complexity index is 1170. The molecule has 2 atom stereocenters. The van der Waals surface area contributed by atoms with E-state index in [1.165, 1.54) is 25.7 Å². The summed E-state index contributed by atoms with van der Waals surface area (Å²) in [5.74, 6) is -1.66. The number of carbonyl (C=O) groups excluding carboxylic acids is 2. The largest absolute Gasteiger partial charge is 0.408 e. The van der Waals surface area contributed by atoms with Gasteiger partial charge in [-0.1, -0.05) is 6.92 Å². The fourth-order valence-electron chi connectivity index (χ4n) is 4.00. The van der Waals surface area contributed by atoms with Gasteiger partial charge in [0, 0.05) is 36.5 Å². The van der Waals surface area contributed by atoms with Crippen molar-refractivity contribution in [1.82, 2.24) is 20.2 Å². The second kappa shape index (κ2) is 11.5. The predicted octanol–water partition coefficient (Wildman–Crippen LogP) is 5.02. The highest BCUT2D eigenvalue weighted by molar-refractivity contribution is 7.17. The standard InChI is InChI=1S/C24H30F5N5O3S/c1-5-15(24(27,28)29)32-16-9-13(19(25)26)14(10-30-16)18-17(22(36)34-8-6-7-12(34)2)33-21(38-18)20(35)31-11-23(3,4)37/h9-10,12,15,19,37H,5-8,11H2,1-4H3,(H,30,32)(H,31,35)/t12-,15-/m0/s1. The van der Waals surface area contributed by atoms with Crippen LogP contribution in [0.1, 0.15) is 79.2 Å². The van der Waals surface area contributed by atoms with Gasteiger partial charge in [-0.3, -0.25) is 9.59 Å². The van der Waals surface area contributed by atoms with E-state index < -0.39 is 47.4 Å². The number of alkyl halides is 5. The van der Waals surface area contributed by atoms with E-state index in [-0.39, 0.29) is 40.1 Å². The first-order chi connectivity index (χ1) is 17.6. The monoisotopic (exact) mass is 563 g/mol. The molecule has 3 heterocycles. The molecule has 0 radical (unpaired) electrons. The molecule has 0 spiro atoms. The lowest BCUT2D eigenvalue weighted by atomic mass is 10.1. The van der Waals surface area contributed by atoms with E-state index in [1.807, 2.05) is 6.92 Å². The van der Waals surface area contributed by atoms with Gasteiger partial charge in [-0.15, -0.1) is 11.3 Å². The molecule has 2 aromatic heterocycles. The van der Waals surface area contributed by atoms with Crippen molar-refractivity contribution in [2.24, 2.45) is 0 Å². The Labute approximate surface area is 220 Å². The van der Waals surface area contributed by atoms with Crippen molar-refractivity contribution in [2.45, 2.75) is 77.2 Å². The van der Waals surface area contributed by atoms with Crippen molar-refractivity contribution in [3.05, 3.63) is 28.5 Å². The van der Waals surface area contributed by atoms with E-state index in [0.29, 0.717) is 17.9 Å². The molecule has 8 nitrogen and oxygen atoms in total. The van der Waals surface area contributed by atoms with Gasteiger partial charge in [0.1, 0.15) is 17.6 Å². The van der Waals surface area contributed by atoms with Crippen LogP contribution in [0.5, 0.6) is 0 Å². The van der Waals surface area contributed by atoms with Crippen molar-refractivity contribution in [2.75, 3.05) is 18.4 Å². The number of pyridine rings is 1. The minimum atomic E-state index is -4.62. The first-order valence-corrected chi connectivity index (χ1v) is 12.9. The summed E-state index contributed by atoms with van der Waals surface area (Å²) < 4.78 is 67.9. The normalized spacial score (nSPS) is 17.1. The third kappa shape index (κ3) is 6.95. The molecule has 1 aliphatic heterocycles. The number of anilines is 1. The number of likely N-dealkylation sites (tertiary alicyclic amines) is 1. The van der Waals surface area contributed by atoms with Crippen LogP contribution in [0.4, 0.5) is 27.8 Å². The lowest BCUT2D eigenvalue weighted by molar-refractivity contribution is -0.142. The number of aromatic nitrogens is 2. The molecule has 2 amide bonds. The van der Waals surface area contributed by atoms with E-state index in [1.54, 1.807) is 0 Å². The van der Waals surface area contributed by atoms with E-state index in [4.69, 9.17) is 0 Å². The van der Waals surface area contributed by atoms with Gasteiger partial charge in [0.05, 0.1) is 10.5 Å². The highest BCUT2D eigenvalue weighted by Gasteiger charge is 2.39. The van der Waals surface area contributed by atoms with Gasteiger partial charge < -0.3 is 20.6 Å². The summed E-state index contributed by atoms with van der Waals surface area (Å²) >= 11 is 0.694. The van der Waals surface area contributed by atoms with Gasteiger partial charge in [-0.2, -0.15) is 13.2 Å². The maximum Gasteiger partial charge on any atom is 0.408 e. The molecule has 0 aromatic carbocycles. The first-order valence-electron chi connectivity index (χ1n) is 12.1. The van der Waals surface area contributed by atoms with Crippen LogP contribution in [0.15, 0.2) is 12.3 Å². The lowest BCUT2D eigenvalue weighted by Crippen LogP contribution is -2.38. The maximum atomic E-state index is 14.2. The average molecular weight is 564 g/mol. The Morgan fingerprint density at radius 2 is 1.97 bits per heavy atom. The molecule has 1 saturated heterocycles. The molecular weight excluding hydrogens is 533 g/mol. The molecule has 38 heavy (non-hydrogen) atoms. The number of hydrogen-bond donors (Lipinski definition) is 3. The topological polar surface area (TPSA) is 107 Å². The molecular formula is C24H30F5N5O3S. The smallest absolute Gasteiger partial charge is 0.389 e. The van der Waals surface area contributed by atoms with Gasteiger partial charge in [0.25, 0.3) is 18.2 Å². The highest BCUT2D eigenvalue weighted by atomic mass is 32.1. The summed E-state index contributed by atoms with van der Waals surface area (Å²) in [6, 6.07) is -1.30. The number of nitrogens with one attached hydrogen (secondary N) is 2. The Morgan fingerprint density at radius 3 is 2.50 bits per heavy atom. The Morgan fingerprint density at radius 1 is 1.29 bits per heavy atom. The van der Waals surface area contributed by atoms with Crippen LogP contribution in [0, 0.1) is 0 Å². The third-order valence-corrected chi connectivity index (χ3v) is 7.15. The second-order valence-corrected chi connectivity index (χ2v) is 10.8. The summed E-state index contributed by atoms with van der Waals surface area (Å²) in [7, 11) is 0. The van der Waals surface area contributed by atoms with Gasteiger partial charge in [-0.05, 0) is 46.1 Å². The number of carbonyl (C=O) groups is 2. The zero-order valence-corrected chi connectivity index (χ0v) is 22.1. The van der Waals surface area contributed by atoms with Crippen LogP contribution in [0.2, 0.25) is 0 Å². The van der Waals surface area contributed by atoms with Crippen LogP contribution < -0.4 is 10.6 Å². The zero-order chi connectivity index (χ0) is 28.4. The van der Waals surface area contributed by atoms with Gasteiger partial charge in [0.15, 0.2) is 5.01 Å². The predicted molar refractivity (Wildman–Crippen MR) is 132 cm³/mol. The number of aliphatic hydroxyl groups is 1. The van der Waals surface area contributed by atoms with Crippen molar-refractivity contribution in [3.8, 4) is 10.4 Å². The highest BCUT2D eigenvalue weighted by Crippen LogP contribution is 2.39. The number of hydrogen-bond acceptors (Lipinski definition) is 7. The number of halogens is 5. The van der Waals surface area contributed by atoms with Crippen molar-refractivity contribution < 1.29 is 36.6 Å². The van der Waals surface area contributed by atoms with Crippen LogP contribution in [-0.4, -0.2) is 68.7 Å². The molecule has 1 fully saturated rings. The summed E-state index contributed by atoms with van der Waals surface area (Å²) in [6.45, 7) is 6.38. The molecule has 3 rings (SSSR count). The second-order valence-electron chi connectivity index (χ2n) is 9.79. The Kier molecular flexibility index (Phi) is 8.97. The van der Waals surface area contributed by atoms with Crippen LogP contribution >= 0.6 is 11.3 Å². The van der Waals surface area contributed by atoms with E-state index >= 15 is 0 Å². The van der Waals surface area contributed by atoms with Crippen LogP contribution in [-0.2, 0) is 0 Å². The van der Waals surface area contributed by atoms with Crippen molar-refractivity contribution >= 4 is 29.0 Å². The minimum Gasteiger partial charge on any atom is -0.389 e. The Balaban J connectivity index is 2.08. The van der Waals surface area contributed by atoms with Crippen LogP contribution in [0.3, 0.4) is 0 Å². The fraction of sp³-hybridized carbons (Fsp3) is 0.583. The number of thiazole rings is 1. The first kappa shape index (κ1) is 29.7. The summed E-state index contributed by atoms with van der Waals surface area (Å²) in [4.78, 5) is 35.7. The molecule has 210 valence electrons. The van der Waals surface area contributed by atoms with Gasteiger partial charge >= 0.3 is 6.18 Å². The van der Waals surface area contributed by atoms with Crippen LogP contribution in [0.25, 0.3) is 10.4 Å².